The van der Waals surface area contributed by atoms with Crippen molar-refractivity contribution in [2.45, 2.75) is 13.0 Å². The Bertz CT molecular complexity index is 783. The summed E-state index contributed by atoms with van der Waals surface area (Å²) in [6, 6.07) is 12.6. The number of rotatable bonds is 3. The van der Waals surface area contributed by atoms with Gasteiger partial charge >= 0.3 is 0 Å². The normalized spacial score (nSPS) is 14.9. The molecule has 0 bridgehead atoms. The Balaban J connectivity index is 2.01. The number of carboxylic acids is 1. The molecule has 0 unspecified atom stereocenters. The number of carbonyl (C=O) groups is 3. The molecular weight excluding hydrogens is 282 g/mol. The monoisotopic (exact) mass is 294 g/mol. The van der Waals surface area contributed by atoms with E-state index in [1.165, 1.54) is 18.2 Å². The van der Waals surface area contributed by atoms with Crippen LogP contribution in [-0.4, -0.2) is 22.7 Å². The van der Waals surface area contributed by atoms with Crippen LogP contribution in [0.5, 0.6) is 0 Å². The van der Waals surface area contributed by atoms with E-state index in [0.717, 1.165) is 10.5 Å². The number of imide groups is 1. The molecule has 1 heterocycles. The summed E-state index contributed by atoms with van der Waals surface area (Å²) in [4.78, 5) is 37.0. The second-order valence-corrected chi connectivity index (χ2v) is 5.11. The molecule has 1 atom stereocenters. The number of carboxylic acid groups (broad SMARTS) is 1. The van der Waals surface area contributed by atoms with Gasteiger partial charge in [0.15, 0.2) is 0 Å². The summed E-state index contributed by atoms with van der Waals surface area (Å²) in [5.41, 5.74) is 1.04. The number of hydrogen-bond acceptors (Lipinski definition) is 4. The Morgan fingerprint density at radius 2 is 1.64 bits per heavy atom. The first kappa shape index (κ1) is 14.0. The van der Waals surface area contributed by atoms with Crippen molar-refractivity contribution < 1.29 is 19.5 Å². The van der Waals surface area contributed by atoms with E-state index in [-0.39, 0.29) is 16.7 Å². The molecule has 1 aliphatic rings. The van der Waals surface area contributed by atoms with Gasteiger partial charge in [-0.05, 0) is 30.2 Å². The molecule has 22 heavy (non-hydrogen) atoms. The van der Waals surface area contributed by atoms with Crippen LogP contribution in [-0.2, 0) is 0 Å². The number of fused-ring (bicyclic) bond motifs is 1. The summed E-state index contributed by atoms with van der Waals surface area (Å²) in [6.07, 6.45) is 0. The van der Waals surface area contributed by atoms with Crippen LogP contribution in [0.2, 0.25) is 0 Å². The lowest BCUT2D eigenvalue weighted by atomic mass is 10.1. The van der Waals surface area contributed by atoms with Crippen molar-refractivity contribution in [3.05, 3.63) is 70.8 Å². The minimum Gasteiger partial charge on any atom is -0.545 e. The maximum Gasteiger partial charge on any atom is 0.262 e. The van der Waals surface area contributed by atoms with Crippen LogP contribution in [0.3, 0.4) is 0 Å². The Morgan fingerprint density at radius 1 is 1.00 bits per heavy atom. The van der Waals surface area contributed by atoms with Crippen LogP contribution < -0.4 is 5.11 Å². The fraction of sp³-hybridized carbons (Fsp3) is 0.118. The predicted octanol–water partition coefficient (Wildman–Crippen LogP) is 1.41. The topological polar surface area (TPSA) is 77.5 Å². The summed E-state index contributed by atoms with van der Waals surface area (Å²) in [5.74, 6) is -2.28. The van der Waals surface area contributed by atoms with E-state index in [1.807, 2.05) is 30.3 Å². The zero-order chi connectivity index (χ0) is 15.9. The molecule has 2 amide bonds. The maximum absolute atomic E-state index is 12.5. The van der Waals surface area contributed by atoms with Crippen LogP contribution in [0.15, 0.2) is 48.5 Å². The average Bonchev–Trinajstić information content (AvgIpc) is 2.78. The first-order valence-corrected chi connectivity index (χ1v) is 6.79. The quantitative estimate of drug-likeness (QED) is 0.802. The highest BCUT2D eigenvalue weighted by atomic mass is 16.4. The zero-order valence-electron chi connectivity index (χ0n) is 11.8. The van der Waals surface area contributed by atoms with Gasteiger partial charge in [-0.3, -0.25) is 14.5 Å². The van der Waals surface area contributed by atoms with Crippen LogP contribution in [0, 0.1) is 0 Å². The molecule has 5 heteroatoms. The van der Waals surface area contributed by atoms with Gasteiger partial charge in [0.2, 0.25) is 0 Å². The predicted molar refractivity (Wildman–Crippen MR) is 76.1 cm³/mol. The zero-order valence-corrected chi connectivity index (χ0v) is 11.8. The van der Waals surface area contributed by atoms with E-state index in [9.17, 15) is 19.5 Å². The number of carbonyl (C=O) groups excluding carboxylic acids is 3. The number of amides is 2. The fourth-order valence-corrected chi connectivity index (χ4v) is 2.62. The fourth-order valence-electron chi connectivity index (χ4n) is 2.62. The lowest BCUT2D eigenvalue weighted by molar-refractivity contribution is -0.255. The van der Waals surface area contributed by atoms with Crippen molar-refractivity contribution in [1.82, 2.24) is 4.90 Å². The molecule has 2 aromatic rings. The Hall–Kier alpha value is -2.95. The van der Waals surface area contributed by atoms with Crippen molar-refractivity contribution in [2.75, 3.05) is 0 Å². The third-order valence-electron chi connectivity index (χ3n) is 3.82. The average molecular weight is 294 g/mol. The SMILES string of the molecule is C[C@H](c1ccccc1)N1C(=O)c2ccc(C(=O)[O-])cc2C1=O. The van der Waals surface area contributed by atoms with E-state index in [0.29, 0.717) is 0 Å². The van der Waals surface area contributed by atoms with Crippen LogP contribution in [0.4, 0.5) is 0 Å². The highest BCUT2D eigenvalue weighted by Crippen LogP contribution is 2.31. The highest BCUT2D eigenvalue weighted by Gasteiger charge is 2.38. The molecule has 0 radical (unpaired) electrons. The molecule has 0 saturated heterocycles. The van der Waals surface area contributed by atoms with Gasteiger partial charge in [0.05, 0.1) is 23.1 Å². The van der Waals surface area contributed by atoms with Crippen LogP contribution in [0.1, 0.15) is 49.6 Å². The van der Waals surface area contributed by atoms with Crippen molar-refractivity contribution in [2.24, 2.45) is 0 Å². The molecule has 5 nitrogen and oxygen atoms in total. The van der Waals surface area contributed by atoms with E-state index >= 15 is 0 Å². The molecule has 3 rings (SSSR count). The summed E-state index contributed by atoms with van der Waals surface area (Å²) >= 11 is 0. The molecule has 0 spiro atoms. The highest BCUT2D eigenvalue weighted by molar-refractivity contribution is 6.22. The summed E-state index contributed by atoms with van der Waals surface area (Å²) < 4.78 is 0. The van der Waals surface area contributed by atoms with Gasteiger partial charge in [-0.2, -0.15) is 0 Å². The molecule has 0 aromatic heterocycles. The van der Waals surface area contributed by atoms with Gasteiger partial charge in [0.25, 0.3) is 11.8 Å². The van der Waals surface area contributed by atoms with Gasteiger partial charge in [-0.1, -0.05) is 36.4 Å². The van der Waals surface area contributed by atoms with Gasteiger partial charge in [-0.25, -0.2) is 0 Å². The van der Waals surface area contributed by atoms with Crippen molar-refractivity contribution >= 4 is 17.8 Å². The first-order valence-electron chi connectivity index (χ1n) is 6.79. The molecule has 110 valence electrons. The van der Waals surface area contributed by atoms with E-state index in [2.05, 4.69) is 0 Å². The smallest absolute Gasteiger partial charge is 0.262 e. The van der Waals surface area contributed by atoms with Crippen molar-refractivity contribution in [1.29, 1.82) is 0 Å². The lowest BCUT2D eigenvalue weighted by Gasteiger charge is -2.22. The lowest BCUT2D eigenvalue weighted by Crippen LogP contribution is -2.32. The maximum atomic E-state index is 12.5. The van der Waals surface area contributed by atoms with E-state index in [1.54, 1.807) is 6.92 Å². The number of hydrogen-bond donors (Lipinski definition) is 0. The first-order chi connectivity index (χ1) is 10.5. The Labute approximate surface area is 126 Å². The van der Waals surface area contributed by atoms with Gasteiger partial charge in [0.1, 0.15) is 0 Å². The second-order valence-electron chi connectivity index (χ2n) is 5.11. The summed E-state index contributed by atoms with van der Waals surface area (Å²) in [5, 5.41) is 10.9. The molecule has 0 fully saturated rings. The molecule has 1 aliphatic heterocycles. The van der Waals surface area contributed by atoms with Gasteiger partial charge in [-0.15, -0.1) is 0 Å². The third kappa shape index (κ3) is 2.07. The van der Waals surface area contributed by atoms with Crippen molar-refractivity contribution in [3.8, 4) is 0 Å². The van der Waals surface area contributed by atoms with E-state index < -0.39 is 23.8 Å². The standard InChI is InChI=1S/C17H13NO4/c1-10(11-5-3-2-4-6-11)18-15(19)13-8-7-12(17(21)22)9-14(13)16(18)20/h2-10H,1H3,(H,21,22)/p-1/t10-/m1/s1. The molecular formula is C17H12NO4-. The molecule has 0 aliphatic carbocycles. The Morgan fingerprint density at radius 3 is 2.27 bits per heavy atom. The summed E-state index contributed by atoms with van der Waals surface area (Å²) in [7, 11) is 0. The minimum absolute atomic E-state index is 0.106. The molecule has 2 aromatic carbocycles. The second kappa shape index (κ2) is 5.11. The third-order valence-corrected chi connectivity index (χ3v) is 3.82. The van der Waals surface area contributed by atoms with Gasteiger partial charge in [0, 0.05) is 0 Å². The Kier molecular flexibility index (Phi) is 3.25. The largest absolute Gasteiger partial charge is 0.545 e. The van der Waals surface area contributed by atoms with Gasteiger partial charge < -0.3 is 9.90 Å². The number of benzene rings is 2. The van der Waals surface area contributed by atoms with Crippen LogP contribution >= 0.6 is 0 Å². The number of nitrogens with zero attached hydrogens (tertiary/aromatic N) is 1. The molecule has 0 saturated carbocycles. The minimum atomic E-state index is -1.38. The van der Waals surface area contributed by atoms with Crippen molar-refractivity contribution in [3.63, 3.8) is 0 Å². The summed E-state index contributed by atoms with van der Waals surface area (Å²) in [6.45, 7) is 1.76. The number of aromatic carboxylic acids is 1. The van der Waals surface area contributed by atoms with Crippen LogP contribution in [0.25, 0.3) is 0 Å². The molecule has 0 N–H and O–H groups in total. The van der Waals surface area contributed by atoms with E-state index in [4.69, 9.17) is 0 Å².